The summed E-state index contributed by atoms with van der Waals surface area (Å²) in [5, 5.41) is 15.4. The molecular weight excluding hydrogens is 476 g/mol. The van der Waals surface area contributed by atoms with Gasteiger partial charge >= 0.3 is 0 Å². The van der Waals surface area contributed by atoms with Crippen LogP contribution in [0.4, 0.5) is 11.4 Å². The number of benzene rings is 3. The highest BCUT2D eigenvalue weighted by Crippen LogP contribution is 2.33. The van der Waals surface area contributed by atoms with Gasteiger partial charge in [-0.25, -0.2) is 4.21 Å². The van der Waals surface area contributed by atoms with E-state index in [1.807, 2.05) is 73.0 Å². The lowest BCUT2D eigenvalue weighted by Gasteiger charge is -2.07. The number of H-pyrrole nitrogens is 2. The average molecular weight is 501 g/mol. The summed E-state index contributed by atoms with van der Waals surface area (Å²) in [5.74, 6) is 0. The minimum absolute atomic E-state index is 0.789. The Kier molecular flexibility index (Phi) is 6.69. The summed E-state index contributed by atoms with van der Waals surface area (Å²) in [6.07, 6.45) is 3.61. The lowest BCUT2D eigenvalue weighted by atomic mass is 10.0. The van der Waals surface area contributed by atoms with E-state index in [4.69, 9.17) is 0 Å². The van der Waals surface area contributed by atoms with E-state index in [1.165, 1.54) is 0 Å². The topological polar surface area (TPSA) is 98.5 Å². The molecule has 1 atom stereocenters. The molecule has 0 fully saturated rings. The van der Waals surface area contributed by atoms with Crippen LogP contribution in [0.2, 0.25) is 0 Å². The molecule has 0 aliphatic rings. The molecule has 2 heterocycles. The number of nitrogens with one attached hydrogen (secondary N) is 4. The van der Waals surface area contributed by atoms with Crippen molar-refractivity contribution < 1.29 is 4.21 Å². The number of aromatic nitrogens is 4. The van der Waals surface area contributed by atoms with E-state index in [0.717, 1.165) is 56.4 Å². The molecule has 0 saturated heterocycles. The van der Waals surface area contributed by atoms with E-state index in [0.29, 0.717) is 0 Å². The quantitative estimate of drug-likeness (QED) is 0.190. The Bertz CT molecular complexity index is 1490. The number of rotatable bonds is 8. The summed E-state index contributed by atoms with van der Waals surface area (Å²) in [6.45, 7) is 0. The van der Waals surface area contributed by atoms with Gasteiger partial charge in [0.05, 0.1) is 34.2 Å². The summed E-state index contributed by atoms with van der Waals surface area (Å²) >= 11 is 1.56. The first-order valence-corrected chi connectivity index (χ1v) is 13.7. The second-order valence-corrected chi connectivity index (χ2v) is 9.59. The molecule has 3 aromatic carbocycles. The molecular formula is C26H24N6OS2. The number of anilines is 2. The van der Waals surface area contributed by atoms with Crippen molar-refractivity contribution in [3.63, 3.8) is 0 Å². The second kappa shape index (κ2) is 10.2. The first-order valence-electron chi connectivity index (χ1n) is 10.9. The van der Waals surface area contributed by atoms with Gasteiger partial charge in [0.25, 0.3) is 0 Å². The second-order valence-electron chi connectivity index (χ2n) is 7.87. The van der Waals surface area contributed by atoms with Gasteiger partial charge in [0.15, 0.2) is 0 Å². The van der Waals surface area contributed by atoms with Crippen molar-refractivity contribution in [1.82, 2.24) is 20.4 Å². The first kappa shape index (κ1) is 22.9. The maximum Gasteiger partial charge on any atom is 0.113 e. The van der Waals surface area contributed by atoms with Gasteiger partial charge in [0.1, 0.15) is 11.0 Å². The SMILES string of the molecule is CSNc1ccccc1-c1cc(-c2cccc(-c3cc(-c4ccccc4NS(C)=O)[nH]n3)c2)n[nH]1. The molecule has 1 unspecified atom stereocenters. The van der Waals surface area contributed by atoms with Gasteiger partial charge in [-0.05, 0) is 30.3 Å². The molecule has 35 heavy (non-hydrogen) atoms. The van der Waals surface area contributed by atoms with E-state index in [-0.39, 0.29) is 0 Å². The fourth-order valence-corrected chi connectivity index (χ4v) is 4.82. The van der Waals surface area contributed by atoms with Gasteiger partial charge in [-0.3, -0.25) is 10.2 Å². The van der Waals surface area contributed by atoms with E-state index in [9.17, 15) is 4.21 Å². The molecule has 4 N–H and O–H groups in total. The van der Waals surface area contributed by atoms with Crippen LogP contribution in [0.25, 0.3) is 45.0 Å². The van der Waals surface area contributed by atoms with Crippen molar-refractivity contribution in [1.29, 1.82) is 0 Å². The zero-order valence-electron chi connectivity index (χ0n) is 19.2. The van der Waals surface area contributed by atoms with Gasteiger partial charge < -0.3 is 9.44 Å². The lowest BCUT2D eigenvalue weighted by molar-refractivity contribution is 0.690. The molecule has 0 saturated carbocycles. The van der Waals surface area contributed by atoms with Gasteiger partial charge in [-0.15, -0.1) is 0 Å². The van der Waals surface area contributed by atoms with Crippen LogP contribution in [0.1, 0.15) is 0 Å². The lowest BCUT2D eigenvalue weighted by Crippen LogP contribution is -2.02. The normalized spacial score (nSPS) is 11.8. The number of hydrogen-bond acceptors (Lipinski definition) is 5. The highest BCUT2D eigenvalue weighted by molar-refractivity contribution is 7.99. The summed E-state index contributed by atoms with van der Waals surface area (Å²) < 4.78 is 18.0. The van der Waals surface area contributed by atoms with E-state index in [2.05, 4.69) is 48.0 Å². The van der Waals surface area contributed by atoms with Crippen LogP contribution >= 0.6 is 11.9 Å². The van der Waals surface area contributed by atoms with E-state index in [1.54, 1.807) is 18.2 Å². The predicted molar refractivity (Wildman–Crippen MR) is 147 cm³/mol. The fraction of sp³-hybridized carbons (Fsp3) is 0.0769. The maximum atomic E-state index is 11.7. The molecule has 7 nitrogen and oxygen atoms in total. The standard InChI is InChI=1S/C26H24N6OS2/c1-34-31-21-12-5-3-10-19(21)25-15-23(27-29-25)17-8-7-9-18(14-17)24-16-26(30-28-24)20-11-4-6-13-22(20)32-35(2)33/h3-16,31-32H,1-2H3,(H,27,29)(H,28,30). The van der Waals surface area contributed by atoms with Gasteiger partial charge in [0, 0.05) is 34.8 Å². The molecule has 9 heteroatoms. The third kappa shape index (κ3) is 5.01. The van der Waals surface area contributed by atoms with Crippen LogP contribution in [-0.2, 0) is 11.0 Å². The Labute approximate surface area is 210 Å². The minimum Gasteiger partial charge on any atom is -0.329 e. The third-order valence-electron chi connectivity index (χ3n) is 5.51. The number of nitrogens with zero attached hydrogens (tertiary/aromatic N) is 2. The monoisotopic (exact) mass is 500 g/mol. The third-order valence-corrected chi connectivity index (χ3v) is 6.44. The number of hydrogen-bond donors (Lipinski definition) is 4. The van der Waals surface area contributed by atoms with Crippen molar-refractivity contribution in [2.45, 2.75) is 0 Å². The summed E-state index contributed by atoms with van der Waals surface area (Å²) in [5.41, 5.74) is 9.24. The smallest absolute Gasteiger partial charge is 0.113 e. The molecule has 5 aromatic rings. The van der Waals surface area contributed by atoms with Gasteiger partial charge in [0.2, 0.25) is 0 Å². The molecule has 2 aromatic heterocycles. The van der Waals surface area contributed by atoms with Crippen LogP contribution in [0.3, 0.4) is 0 Å². The fourth-order valence-electron chi connectivity index (χ4n) is 3.93. The Hall–Kier alpha value is -3.82. The molecule has 176 valence electrons. The average Bonchev–Trinajstić information content (AvgIpc) is 3.55. The van der Waals surface area contributed by atoms with Crippen LogP contribution in [0.5, 0.6) is 0 Å². The molecule has 5 rings (SSSR count). The van der Waals surface area contributed by atoms with Crippen molar-refractivity contribution in [3.05, 3.63) is 84.9 Å². The van der Waals surface area contributed by atoms with E-state index >= 15 is 0 Å². The summed E-state index contributed by atoms with van der Waals surface area (Å²) in [4.78, 5) is 0. The summed E-state index contributed by atoms with van der Waals surface area (Å²) in [7, 11) is -1.17. The van der Waals surface area contributed by atoms with Crippen LogP contribution in [0, 0.1) is 0 Å². The minimum atomic E-state index is -1.17. The zero-order valence-corrected chi connectivity index (χ0v) is 20.8. The highest BCUT2D eigenvalue weighted by atomic mass is 32.2. The highest BCUT2D eigenvalue weighted by Gasteiger charge is 2.13. The Morgan fingerprint density at radius 1 is 0.743 bits per heavy atom. The summed E-state index contributed by atoms with van der Waals surface area (Å²) in [6, 6.07) is 28.1. The Morgan fingerprint density at radius 2 is 1.29 bits per heavy atom. The molecule has 0 bridgehead atoms. The van der Waals surface area contributed by atoms with Crippen LogP contribution in [-0.4, -0.2) is 37.1 Å². The van der Waals surface area contributed by atoms with E-state index < -0.39 is 11.0 Å². The number of aromatic amines is 2. The van der Waals surface area contributed by atoms with Crippen molar-refractivity contribution >= 4 is 34.3 Å². The molecule has 0 aliphatic heterocycles. The van der Waals surface area contributed by atoms with Gasteiger partial charge in [-0.1, -0.05) is 66.5 Å². The molecule has 0 radical (unpaired) electrons. The molecule has 0 aliphatic carbocycles. The molecule has 0 amide bonds. The van der Waals surface area contributed by atoms with Crippen molar-refractivity contribution in [2.24, 2.45) is 0 Å². The molecule has 0 spiro atoms. The number of para-hydroxylation sites is 2. The maximum absolute atomic E-state index is 11.7. The van der Waals surface area contributed by atoms with Crippen LogP contribution in [0.15, 0.2) is 84.9 Å². The van der Waals surface area contributed by atoms with Crippen molar-refractivity contribution in [2.75, 3.05) is 22.0 Å². The van der Waals surface area contributed by atoms with Crippen molar-refractivity contribution in [3.8, 4) is 45.0 Å². The Morgan fingerprint density at radius 3 is 1.86 bits per heavy atom. The largest absolute Gasteiger partial charge is 0.329 e. The predicted octanol–water partition coefficient (Wildman–Crippen LogP) is 6.20. The zero-order chi connectivity index (χ0) is 24.2. The Balaban J connectivity index is 1.44. The van der Waals surface area contributed by atoms with Gasteiger partial charge in [-0.2, -0.15) is 10.2 Å². The first-order chi connectivity index (χ1) is 17.1. The van der Waals surface area contributed by atoms with Crippen LogP contribution < -0.4 is 9.44 Å².